The van der Waals surface area contributed by atoms with E-state index >= 15 is 0 Å². The van der Waals surface area contributed by atoms with Crippen LogP contribution in [0.5, 0.6) is 0 Å². The molecule has 0 fully saturated rings. The van der Waals surface area contributed by atoms with Gasteiger partial charge in [-0.05, 0) is 11.8 Å². The van der Waals surface area contributed by atoms with Gasteiger partial charge in [0, 0.05) is 0 Å². The maximum Gasteiger partial charge on any atom is 0.411 e. The molecule has 0 bridgehead atoms. The lowest BCUT2D eigenvalue weighted by molar-refractivity contribution is -0.160. The van der Waals surface area contributed by atoms with E-state index in [1.165, 1.54) is 0 Å². The summed E-state index contributed by atoms with van der Waals surface area (Å²) in [6, 6.07) is 0. The fraction of sp³-hybridized carbons (Fsp3) is 1.00. The topological polar surface area (TPSA) is 121 Å². The van der Waals surface area contributed by atoms with Crippen LogP contribution < -0.4 is 0 Å². The molecule has 0 unspecified atom stereocenters. The summed E-state index contributed by atoms with van der Waals surface area (Å²) in [4.78, 5) is 22.7. The summed E-state index contributed by atoms with van der Waals surface area (Å²) in [7, 11) is 0. The van der Waals surface area contributed by atoms with Crippen LogP contribution in [0, 0.1) is 0 Å². The van der Waals surface area contributed by atoms with Crippen molar-refractivity contribution in [2.24, 2.45) is 0 Å². The van der Waals surface area contributed by atoms with Crippen LogP contribution in [0.1, 0.15) is 0 Å². The Kier molecular flexibility index (Phi) is 17.5. The Morgan fingerprint density at radius 2 is 0.609 bits per heavy atom. The smallest absolute Gasteiger partial charge is 0.387 e. The summed E-state index contributed by atoms with van der Waals surface area (Å²) in [5.74, 6) is 0. The van der Waals surface area contributed by atoms with Crippen LogP contribution >= 0.6 is 6.72 Å². The Balaban J connectivity index is -0.000000105. The molecule has 6 N–H and O–H groups in total. The lowest BCUT2D eigenvalue weighted by Gasteiger charge is -1.95. The van der Waals surface area contributed by atoms with Crippen LogP contribution in [0.25, 0.3) is 0 Å². The SMILES string of the molecule is OCC(F)(F)F.OCC(F)(F)F.OCC(F)(F)F.OP(O)(O)=S. The first-order chi connectivity index (χ1) is 9.68. The van der Waals surface area contributed by atoms with Crippen molar-refractivity contribution in [3.05, 3.63) is 0 Å². The van der Waals surface area contributed by atoms with Gasteiger partial charge < -0.3 is 30.0 Å². The minimum absolute atomic E-state index is 1.73. The summed E-state index contributed by atoms with van der Waals surface area (Å²) in [6.07, 6.45) is -13.2. The molecule has 0 aromatic carbocycles. The molecule has 0 amide bonds. The fourth-order valence-electron chi connectivity index (χ4n) is 0. The van der Waals surface area contributed by atoms with Crippen LogP contribution in [-0.2, 0) is 11.8 Å². The number of hydrogen-bond donors (Lipinski definition) is 6. The lowest BCUT2D eigenvalue weighted by Crippen LogP contribution is -2.12. The molecule has 0 aliphatic heterocycles. The number of rotatable bonds is 0. The number of aliphatic hydroxyl groups is 3. The second-order valence-electron chi connectivity index (χ2n) is 2.83. The molecule has 0 heterocycles. The molecule has 0 rings (SSSR count). The normalized spacial score (nSPS) is 12.0. The third kappa shape index (κ3) is 111. The summed E-state index contributed by atoms with van der Waals surface area (Å²) < 4.78 is 94.8. The quantitative estimate of drug-likeness (QED) is 0.256. The molecule has 0 aromatic rings. The minimum atomic E-state index is -4.40. The molecule has 0 saturated carbocycles. The van der Waals surface area contributed by atoms with E-state index in [-0.39, 0.29) is 0 Å². The van der Waals surface area contributed by atoms with Crippen molar-refractivity contribution in [1.82, 2.24) is 0 Å². The van der Waals surface area contributed by atoms with Crippen LogP contribution in [0.2, 0.25) is 0 Å². The van der Waals surface area contributed by atoms with E-state index < -0.39 is 45.1 Å². The highest BCUT2D eigenvalue weighted by molar-refractivity contribution is 8.06. The first-order valence-corrected chi connectivity index (χ1v) is 7.15. The van der Waals surface area contributed by atoms with Crippen molar-refractivity contribution in [3.63, 3.8) is 0 Å². The van der Waals surface area contributed by atoms with Gasteiger partial charge in [-0.25, -0.2) is 0 Å². The average Bonchev–Trinajstić information content (AvgIpc) is 2.25. The van der Waals surface area contributed by atoms with Gasteiger partial charge in [-0.2, -0.15) is 39.5 Å². The van der Waals surface area contributed by atoms with Crippen molar-refractivity contribution >= 4 is 18.5 Å². The molecule has 0 saturated heterocycles. The highest BCUT2D eigenvalue weighted by Crippen LogP contribution is 2.26. The zero-order chi connectivity index (χ0) is 20.1. The van der Waals surface area contributed by atoms with Gasteiger partial charge in [-0.15, -0.1) is 0 Å². The van der Waals surface area contributed by atoms with Crippen LogP contribution in [0.15, 0.2) is 0 Å². The predicted octanol–water partition coefficient (Wildman–Crippen LogP) is 0.811. The van der Waals surface area contributed by atoms with E-state index in [2.05, 4.69) is 11.8 Å². The summed E-state index contributed by atoms with van der Waals surface area (Å²) in [5.41, 5.74) is 0. The molecule has 23 heavy (non-hydrogen) atoms. The monoisotopic (exact) mass is 414 g/mol. The van der Waals surface area contributed by atoms with Gasteiger partial charge in [-0.3, -0.25) is 0 Å². The van der Waals surface area contributed by atoms with Crippen LogP contribution in [0.4, 0.5) is 39.5 Å². The zero-order valence-electron chi connectivity index (χ0n) is 10.6. The van der Waals surface area contributed by atoms with Gasteiger partial charge in [-0.1, -0.05) is 0 Å². The van der Waals surface area contributed by atoms with Crippen molar-refractivity contribution in [3.8, 4) is 0 Å². The number of alkyl halides is 9. The summed E-state index contributed by atoms with van der Waals surface area (Å²) >= 11 is 3.60. The Labute approximate surface area is 127 Å². The second-order valence-corrected chi connectivity index (χ2v) is 5.33. The molecule has 0 aliphatic carbocycles. The van der Waals surface area contributed by atoms with E-state index in [1.807, 2.05) is 0 Å². The maximum atomic E-state index is 10.5. The van der Waals surface area contributed by atoms with Crippen LogP contribution in [0.3, 0.4) is 0 Å². The third-order valence-electron chi connectivity index (χ3n) is 0.538. The largest absolute Gasteiger partial charge is 0.411 e. The first kappa shape index (κ1) is 30.6. The molecule has 0 aromatic heterocycles. The minimum Gasteiger partial charge on any atom is -0.387 e. The predicted molar refractivity (Wildman–Crippen MR) is 60.4 cm³/mol. The molecule has 6 nitrogen and oxygen atoms in total. The first-order valence-electron chi connectivity index (χ1n) is 4.49. The molecule has 17 heteroatoms. The molecule has 0 spiro atoms. The maximum absolute atomic E-state index is 10.5. The number of aliphatic hydroxyl groups excluding tert-OH is 3. The van der Waals surface area contributed by atoms with Crippen molar-refractivity contribution < 1.29 is 69.5 Å². The van der Waals surface area contributed by atoms with Crippen LogP contribution in [-0.4, -0.2) is 68.3 Å². The van der Waals surface area contributed by atoms with Gasteiger partial charge in [0.2, 0.25) is 0 Å². The molecular weight excluding hydrogens is 402 g/mol. The van der Waals surface area contributed by atoms with Gasteiger partial charge in [0.1, 0.15) is 19.8 Å². The van der Waals surface area contributed by atoms with E-state index in [9.17, 15) is 39.5 Å². The highest BCUT2D eigenvalue weighted by Gasteiger charge is 2.25. The Morgan fingerprint density at radius 3 is 0.609 bits per heavy atom. The summed E-state index contributed by atoms with van der Waals surface area (Å²) in [5, 5.41) is 21.8. The summed E-state index contributed by atoms with van der Waals surface area (Å²) in [6.45, 7) is -8.99. The van der Waals surface area contributed by atoms with Gasteiger partial charge in [0.05, 0.1) is 0 Å². The number of hydrogen-bond acceptors (Lipinski definition) is 4. The molecule has 146 valence electrons. The Bertz CT molecular complexity index is 270. The molecule has 0 aliphatic rings. The van der Waals surface area contributed by atoms with E-state index in [1.54, 1.807) is 0 Å². The number of halogens is 9. The molecular formula is C6H12F9O6PS. The standard InChI is InChI=1S/3C2H3F3O.H3O3PS/c3*3-2(4,5)1-6;1-4(2,3)5/h3*6H,1H2;(H3,1,2,3,5). The molecule has 0 radical (unpaired) electrons. The average molecular weight is 414 g/mol. The zero-order valence-corrected chi connectivity index (χ0v) is 12.3. The van der Waals surface area contributed by atoms with Gasteiger partial charge in [0.15, 0.2) is 0 Å². The Hall–Kier alpha value is -0.220. The van der Waals surface area contributed by atoms with E-state index in [0.717, 1.165) is 0 Å². The third-order valence-corrected chi connectivity index (χ3v) is 0.538. The lowest BCUT2D eigenvalue weighted by atomic mass is 10.7. The van der Waals surface area contributed by atoms with Gasteiger partial charge >= 0.3 is 25.2 Å². The van der Waals surface area contributed by atoms with E-state index in [4.69, 9.17) is 30.0 Å². The second kappa shape index (κ2) is 13.1. The Morgan fingerprint density at radius 1 is 0.565 bits per heavy atom. The van der Waals surface area contributed by atoms with E-state index in [0.29, 0.717) is 0 Å². The van der Waals surface area contributed by atoms with Crippen molar-refractivity contribution in [2.75, 3.05) is 19.8 Å². The van der Waals surface area contributed by atoms with Gasteiger partial charge in [0.25, 0.3) is 0 Å². The van der Waals surface area contributed by atoms with Crippen molar-refractivity contribution in [2.45, 2.75) is 18.5 Å². The molecule has 0 atom stereocenters. The van der Waals surface area contributed by atoms with Crippen molar-refractivity contribution in [1.29, 1.82) is 0 Å². The highest BCUT2D eigenvalue weighted by atomic mass is 32.5. The fourth-order valence-corrected chi connectivity index (χ4v) is 0.